The first-order valence-electron chi connectivity index (χ1n) is 4.09. The molecule has 76 valence electrons. The zero-order valence-electron chi connectivity index (χ0n) is 7.74. The molecule has 0 radical (unpaired) electrons. The van der Waals surface area contributed by atoms with Gasteiger partial charge in [0.15, 0.2) is 0 Å². The molecule has 1 heterocycles. The fourth-order valence-electron chi connectivity index (χ4n) is 1.12. The van der Waals surface area contributed by atoms with Gasteiger partial charge in [-0.1, -0.05) is 0 Å². The van der Waals surface area contributed by atoms with Crippen LogP contribution in [0.5, 0.6) is 0 Å². The van der Waals surface area contributed by atoms with Gasteiger partial charge in [0.05, 0.1) is 12.2 Å². The molecule has 0 aliphatic heterocycles. The van der Waals surface area contributed by atoms with Crippen molar-refractivity contribution in [1.82, 2.24) is 4.98 Å². The van der Waals surface area contributed by atoms with Crippen LogP contribution in [0.4, 0.5) is 0 Å². The molecule has 0 aromatic carbocycles. The molecular formula is C9H11NO4. The van der Waals surface area contributed by atoms with Gasteiger partial charge in [-0.15, -0.1) is 0 Å². The molecule has 0 saturated heterocycles. The molecule has 0 bridgehead atoms. The summed E-state index contributed by atoms with van der Waals surface area (Å²) in [5, 5.41) is 8.79. The number of aromatic carboxylic acids is 1. The molecule has 14 heavy (non-hydrogen) atoms. The average Bonchev–Trinajstić information content (AvgIpc) is 2.14. The second kappa shape index (κ2) is 4.57. The number of rotatable bonds is 4. The Morgan fingerprint density at radius 3 is 2.86 bits per heavy atom. The van der Waals surface area contributed by atoms with E-state index in [9.17, 15) is 9.59 Å². The Morgan fingerprint density at radius 1 is 1.57 bits per heavy atom. The Labute approximate surface area is 80.3 Å². The third-order valence-corrected chi connectivity index (χ3v) is 1.79. The molecule has 0 amide bonds. The van der Waals surface area contributed by atoms with Gasteiger partial charge in [-0.3, -0.25) is 4.79 Å². The summed E-state index contributed by atoms with van der Waals surface area (Å²) >= 11 is 0. The Morgan fingerprint density at radius 2 is 2.29 bits per heavy atom. The summed E-state index contributed by atoms with van der Waals surface area (Å²) in [5.41, 5.74) is 0.203. The van der Waals surface area contributed by atoms with Crippen LogP contribution in [0.25, 0.3) is 0 Å². The molecule has 2 N–H and O–H groups in total. The Hall–Kier alpha value is -1.62. The molecule has 1 aromatic rings. The summed E-state index contributed by atoms with van der Waals surface area (Å²) in [4.78, 5) is 24.1. The minimum Gasteiger partial charge on any atom is -0.478 e. The fraction of sp³-hybridized carbons (Fsp3) is 0.333. The second-order valence-electron chi connectivity index (χ2n) is 2.76. The van der Waals surface area contributed by atoms with Crippen LogP contribution in [-0.4, -0.2) is 29.8 Å². The van der Waals surface area contributed by atoms with Crippen molar-refractivity contribution in [3.8, 4) is 0 Å². The van der Waals surface area contributed by atoms with Gasteiger partial charge in [0.1, 0.15) is 0 Å². The van der Waals surface area contributed by atoms with Gasteiger partial charge >= 0.3 is 5.97 Å². The molecule has 0 saturated carbocycles. The van der Waals surface area contributed by atoms with Crippen LogP contribution in [0.15, 0.2) is 16.9 Å². The second-order valence-corrected chi connectivity index (χ2v) is 2.76. The zero-order valence-corrected chi connectivity index (χ0v) is 7.74. The third kappa shape index (κ3) is 2.43. The Kier molecular flexibility index (Phi) is 3.41. The first-order chi connectivity index (χ1) is 6.65. The highest BCUT2D eigenvalue weighted by atomic mass is 16.5. The van der Waals surface area contributed by atoms with Gasteiger partial charge in [-0.25, -0.2) is 4.79 Å². The number of hydrogen-bond acceptors (Lipinski definition) is 3. The standard InChI is InChI=1S/C9H11NO4/c1-14-5-4-7-6(9(12)13)2-3-8(11)10-7/h2-3H,4-5H2,1H3,(H,10,11)(H,12,13). The van der Waals surface area contributed by atoms with Crippen molar-refractivity contribution in [3.63, 3.8) is 0 Å². The lowest BCUT2D eigenvalue weighted by molar-refractivity contribution is 0.0694. The summed E-state index contributed by atoms with van der Waals surface area (Å²) in [6, 6.07) is 2.49. The smallest absolute Gasteiger partial charge is 0.337 e. The normalized spacial score (nSPS) is 10.1. The van der Waals surface area contributed by atoms with Crippen molar-refractivity contribution >= 4 is 5.97 Å². The molecule has 0 spiro atoms. The third-order valence-electron chi connectivity index (χ3n) is 1.79. The molecule has 0 aliphatic carbocycles. The van der Waals surface area contributed by atoms with Crippen LogP contribution in [0.2, 0.25) is 0 Å². The molecular weight excluding hydrogens is 186 g/mol. The highest BCUT2D eigenvalue weighted by Gasteiger charge is 2.09. The van der Waals surface area contributed by atoms with E-state index in [0.29, 0.717) is 18.7 Å². The first kappa shape index (κ1) is 10.5. The molecule has 0 unspecified atom stereocenters. The van der Waals surface area contributed by atoms with Crippen molar-refractivity contribution in [1.29, 1.82) is 0 Å². The quantitative estimate of drug-likeness (QED) is 0.725. The van der Waals surface area contributed by atoms with Gasteiger partial charge in [0.2, 0.25) is 5.56 Å². The summed E-state index contributed by atoms with van der Waals surface area (Å²) < 4.78 is 4.81. The van der Waals surface area contributed by atoms with E-state index in [1.54, 1.807) is 0 Å². The summed E-state index contributed by atoms with van der Waals surface area (Å²) in [6.45, 7) is 0.375. The highest BCUT2D eigenvalue weighted by Crippen LogP contribution is 2.03. The topological polar surface area (TPSA) is 79.4 Å². The molecule has 1 rings (SSSR count). The minimum atomic E-state index is -1.05. The van der Waals surface area contributed by atoms with E-state index in [0.717, 1.165) is 0 Å². The van der Waals surface area contributed by atoms with Crippen LogP contribution in [0.3, 0.4) is 0 Å². The van der Waals surface area contributed by atoms with Crippen molar-refractivity contribution in [2.75, 3.05) is 13.7 Å². The number of ether oxygens (including phenoxy) is 1. The maximum atomic E-state index is 10.9. The lowest BCUT2D eigenvalue weighted by Gasteiger charge is -2.03. The minimum absolute atomic E-state index is 0.113. The molecule has 0 fully saturated rings. The summed E-state index contributed by atoms with van der Waals surface area (Å²) in [7, 11) is 1.52. The van der Waals surface area contributed by atoms with Gasteiger partial charge in [-0.05, 0) is 6.07 Å². The molecule has 1 aromatic heterocycles. The first-order valence-corrected chi connectivity index (χ1v) is 4.09. The van der Waals surface area contributed by atoms with Gasteiger partial charge < -0.3 is 14.8 Å². The predicted octanol–water partition coefficient (Wildman–Crippen LogP) is 0.262. The number of carboxylic acid groups (broad SMARTS) is 1. The number of aromatic amines is 1. The Balaban J connectivity index is 3.03. The number of pyridine rings is 1. The summed E-state index contributed by atoms with van der Waals surface area (Å²) in [6.07, 6.45) is 0.383. The predicted molar refractivity (Wildman–Crippen MR) is 49.6 cm³/mol. The van der Waals surface area contributed by atoms with Crippen LogP contribution in [-0.2, 0) is 11.2 Å². The number of aromatic nitrogens is 1. The van der Waals surface area contributed by atoms with Crippen molar-refractivity contribution in [2.45, 2.75) is 6.42 Å². The maximum Gasteiger partial charge on any atom is 0.337 e. The van der Waals surface area contributed by atoms with Crippen molar-refractivity contribution in [2.24, 2.45) is 0 Å². The lowest BCUT2D eigenvalue weighted by atomic mass is 10.1. The van der Waals surface area contributed by atoms with E-state index in [2.05, 4.69) is 4.98 Å². The fourth-order valence-corrected chi connectivity index (χ4v) is 1.12. The van der Waals surface area contributed by atoms with Crippen LogP contribution in [0, 0.1) is 0 Å². The SMILES string of the molecule is COCCc1[nH]c(=O)ccc1C(=O)O. The van der Waals surface area contributed by atoms with E-state index >= 15 is 0 Å². The van der Waals surface area contributed by atoms with Gasteiger partial charge in [0, 0.05) is 25.3 Å². The lowest BCUT2D eigenvalue weighted by Crippen LogP contribution is -2.14. The largest absolute Gasteiger partial charge is 0.478 e. The van der Waals surface area contributed by atoms with E-state index < -0.39 is 5.97 Å². The maximum absolute atomic E-state index is 10.9. The van der Waals surface area contributed by atoms with Crippen LogP contribution >= 0.6 is 0 Å². The average molecular weight is 197 g/mol. The molecule has 0 atom stereocenters. The van der Waals surface area contributed by atoms with E-state index in [1.165, 1.54) is 19.2 Å². The van der Waals surface area contributed by atoms with Crippen LogP contribution in [0.1, 0.15) is 16.1 Å². The monoisotopic (exact) mass is 197 g/mol. The molecule has 5 nitrogen and oxygen atoms in total. The number of nitrogens with one attached hydrogen (secondary N) is 1. The van der Waals surface area contributed by atoms with E-state index in [-0.39, 0.29) is 11.1 Å². The van der Waals surface area contributed by atoms with E-state index in [4.69, 9.17) is 9.84 Å². The summed E-state index contributed by atoms with van der Waals surface area (Å²) in [5.74, 6) is -1.05. The number of carboxylic acids is 1. The number of hydrogen-bond donors (Lipinski definition) is 2. The highest BCUT2D eigenvalue weighted by molar-refractivity contribution is 5.88. The van der Waals surface area contributed by atoms with Gasteiger partial charge in [-0.2, -0.15) is 0 Å². The van der Waals surface area contributed by atoms with Crippen molar-refractivity contribution < 1.29 is 14.6 Å². The Bertz CT molecular complexity index is 383. The van der Waals surface area contributed by atoms with Crippen molar-refractivity contribution in [3.05, 3.63) is 33.7 Å². The number of methoxy groups -OCH3 is 1. The van der Waals surface area contributed by atoms with E-state index in [1.807, 2.05) is 0 Å². The zero-order chi connectivity index (χ0) is 10.6. The van der Waals surface area contributed by atoms with Gasteiger partial charge in [0.25, 0.3) is 0 Å². The number of H-pyrrole nitrogens is 1. The molecule has 5 heteroatoms. The molecule has 0 aliphatic rings. The number of carbonyl (C=O) groups is 1. The van der Waals surface area contributed by atoms with Crippen LogP contribution < -0.4 is 5.56 Å².